The van der Waals surface area contributed by atoms with Gasteiger partial charge < -0.3 is 5.11 Å². The Hall–Kier alpha value is -0.540. The highest BCUT2D eigenvalue weighted by molar-refractivity contribution is 7.87. The highest BCUT2D eigenvalue weighted by Crippen LogP contribution is 2.18. The molecule has 108 valence electrons. The van der Waals surface area contributed by atoms with Crippen LogP contribution in [0.15, 0.2) is 5.38 Å². The van der Waals surface area contributed by atoms with Crippen LogP contribution in [0, 0.1) is 12.8 Å². The number of aliphatic hydroxyl groups excluding tert-OH is 1. The van der Waals surface area contributed by atoms with Crippen molar-refractivity contribution in [2.75, 3.05) is 19.7 Å². The van der Waals surface area contributed by atoms with Crippen molar-refractivity contribution in [1.29, 1.82) is 0 Å². The zero-order chi connectivity index (χ0) is 13.9. The van der Waals surface area contributed by atoms with Crippen molar-refractivity contribution >= 4 is 21.5 Å². The highest BCUT2D eigenvalue weighted by Gasteiger charge is 2.27. The van der Waals surface area contributed by atoms with E-state index in [1.54, 1.807) is 0 Å². The fraction of sp³-hybridized carbons (Fsp3) is 0.727. The summed E-state index contributed by atoms with van der Waals surface area (Å²) in [6.45, 7) is 3.20. The molecule has 0 bridgehead atoms. The molecule has 1 aliphatic rings. The molecular formula is C11H19N3O3S2. The maximum Gasteiger partial charge on any atom is 0.279 e. The minimum absolute atomic E-state index is 0.138. The van der Waals surface area contributed by atoms with Crippen LogP contribution in [-0.2, 0) is 16.8 Å². The Morgan fingerprint density at radius 1 is 1.53 bits per heavy atom. The molecule has 1 saturated heterocycles. The van der Waals surface area contributed by atoms with Crippen LogP contribution in [0.5, 0.6) is 0 Å². The van der Waals surface area contributed by atoms with Gasteiger partial charge in [-0.05, 0) is 25.7 Å². The number of nitrogens with one attached hydrogen (secondary N) is 1. The Kier molecular flexibility index (Phi) is 4.91. The molecule has 0 aliphatic carbocycles. The molecule has 2 rings (SSSR count). The monoisotopic (exact) mass is 305 g/mol. The molecule has 1 fully saturated rings. The van der Waals surface area contributed by atoms with Gasteiger partial charge >= 0.3 is 0 Å². The normalized spacial score (nSPS) is 18.8. The van der Waals surface area contributed by atoms with Gasteiger partial charge in [0.15, 0.2) is 0 Å². The Morgan fingerprint density at radius 2 is 2.21 bits per heavy atom. The summed E-state index contributed by atoms with van der Waals surface area (Å²) in [5.74, 6) is 0.229. The third-order valence-corrected chi connectivity index (χ3v) is 5.65. The number of aliphatic hydroxyl groups is 1. The van der Waals surface area contributed by atoms with E-state index in [2.05, 4.69) is 9.71 Å². The molecule has 0 atom stereocenters. The van der Waals surface area contributed by atoms with Gasteiger partial charge in [-0.2, -0.15) is 17.4 Å². The van der Waals surface area contributed by atoms with Gasteiger partial charge in [0, 0.05) is 25.1 Å². The van der Waals surface area contributed by atoms with Crippen molar-refractivity contribution in [1.82, 2.24) is 14.0 Å². The van der Waals surface area contributed by atoms with Crippen LogP contribution in [0.1, 0.15) is 23.5 Å². The maximum atomic E-state index is 12.1. The fourth-order valence-electron chi connectivity index (χ4n) is 2.08. The van der Waals surface area contributed by atoms with Crippen LogP contribution in [-0.4, -0.2) is 42.5 Å². The number of aryl methyl sites for hydroxylation is 1. The molecule has 8 heteroatoms. The largest absolute Gasteiger partial charge is 0.396 e. The second-order valence-electron chi connectivity index (χ2n) is 4.71. The van der Waals surface area contributed by atoms with Gasteiger partial charge in [-0.25, -0.2) is 4.98 Å². The third kappa shape index (κ3) is 3.96. The minimum atomic E-state index is -3.44. The molecular weight excluding hydrogens is 286 g/mol. The predicted octanol–water partition coefficient (Wildman–Crippen LogP) is 0.490. The van der Waals surface area contributed by atoms with Gasteiger partial charge in [0.25, 0.3) is 10.2 Å². The van der Waals surface area contributed by atoms with Crippen molar-refractivity contribution in [2.45, 2.75) is 26.3 Å². The number of thiazole rings is 1. The lowest BCUT2D eigenvalue weighted by molar-refractivity contribution is 0.169. The lowest BCUT2D eigenvalue weighted by atomic mass is 10.00. The summed E-state index contributed by atoms with van der Waals surface area (Å²) in [5.41, 5.74) is 0.747. The Bertz CT molecular complexity index is 507. The van der Waals surface area contributed by atoms with Crippen LogP contribution in [0.2, 0.25) is 0 Å². The lowest BCUT2D eigenvalue weighted by Crippen LogP contribution is -2.45. The summed E-state index contributed by atoms with van der Waals surface area (Å²) in [6.07, 6.45) is 1.43. The van der Waals surface area contributed by atoms with Gasteiger partial charge in [-0.15, -0.1) is 11.3 Å². The van der Waals surface area contributed by atoms with Gasteiger partial charge in [0.1, 0.15) is 0 Å². The molecule has 0 spiro atoms. The number of aromatic nitrogens is 1. The summed E-state index contributed by atoms with van der Waals surface area (Å²) in [7, 11) is -3.44. The van der Waals surface area contributed by atoms with Crippen molar-refractivity contribution in [3.05, 3.63) is 16.1 Å². The SMILES string of the molecule is Cc1nc(CNS(=O)(=O)N2CCC(CO)CC2)cs1. The van der Waals surface area contributed by atoms with E-state index < -0.39 is 10.2 Å². The highest BCUT2D eigenvalue weighted by atomic mass is 32.2. The average molecular weight is 305 g/mol. The second kappa shape index (κ2) is 6.27. The zero-order valence-corrected chi connectivity index (χ0v) is 12.5. The van der Waals surface area contributed by atoms with Crippen LogP contribution >= 0.6 is 11.3 Å². The van der Waals surface area contributed by atoms with Crippen molar-refractivity contribution in [3.63, 3.8) is 0 Å². The van der Waals surface area contributed by atoms with E-state index in [9.17, 15) is 8.42 Å². The molecule has 0 aromatic carbocycles. The van der Waals surface area contributed by atoms with Crippen molar-refractivity contribution < 1.29 is 13.5 Å². The van der Waals surface area contributed by atoms with Gasteiger partial charge in [0.2, 0.25) is 0 Å². The topological polar surface area (TPSA) is 82.5 Å². The minimum Gasteiger partial charge on any atom is -0.396 e. The molecule has 1 aromatic heterocycles. The standard InChI is InChI=1S/C11H19N3O3S2/c1-9-13-11(8-18-9)6-12-19(16,17)14-4-2-10(7-15)3-5-14/h8,10,12,15H,2-7H2,1H3. The molecule has 6 nitrogen and oxygen atoms in total. The third-order valence-electron chi connectivity index (χ3n) is 3.27. The molecule has 0 saturated carbocycles. The first-order chi connectivity index (χ1) is 9.01. The van der Waals surface area contributed by atoms with E-state index in [1.807, 2.05) is 12.3 Å². The molecule has 0 unspecified atom stereocenters. The smallest absolute Gasteiger partial charge is 0.279 e. The zero-order valence-electron chi connectivity index (χ0n) is 10.9. The van der Waals surface area contributed by atoms with Crippen LogP contribution in [0.4, 0.5) is 0 Å². The predicted molar refractivity (Wildman–Crippen MR) is 74.0 cm³/mol. The molecule has 1 aliphatic heterocycles. The van der Waals surface area contributed by atoms with Crippen molar-refractivity contribution in [3.8, 4) is 0 Å². The summed E-state index contributed by atoms with van der Waals surface area (Å²) >= 11 is 1.51. The van der Waals surface area contributed by atoms with Gasteiger partial charge in [-0.1, -0.05) is 0 Å². The number of rotatable bonds is 5. The van der Waals surface area contributed by atoms with E-state index in [0.717, 1.165) is 10.7 Å². The van der Waals surface area contributed by atoms with Crippen LogP contribution < -0.4 is 4.72 Å². The molecule has 2 heterocycles. The maximum absolute atomic E-state index is 12.1. The first kappa shape index (κ1) is 14.9. The van der Waals surface area contributed by atoms with E-state index in [4.69, 9.17) is 5.11 Å². The van der Waals surface area contributed by atoms with E-state index in [1.165, 1.54) is 15.6 Å². The molecule has 0 radical (unpaired) electrons. The average Bonchev–Trinajstić information content (AvgIpc) is 2.82. The number of piperidine rings is 1. The van der Waals surface area contributed by atoms with Gasteiger partial charge in [-0.3, -0.25) is 0 Å². The molecule has 0 amide bonds. The first-order valence-corrected chi connectivity index (χ1v) is 8.60. The van der Waals surface area contributed by atoms with E-state index in [0.29, 0.717) is 25.9 Å². The fourth-order valence-corrected chi connectivity index (χ4v) is 3.90. The van der Waals surface area contributed by atoms with E-state index >= 15 is 0 Å². The Morgan fingerprint density at radius 3 is 2.74 bits per heavy atom. The lowest BCUT2D eigenvalue weighted by Gasteiger charge is -2.30. The summed E-state index contributed by atoms with van der Waals surface area (Å²) in [6, 6.07) is 0. The number of hydrogen-bond donors (Lipinski definition) is 2. The summed E-state index contributed by atoms with van der Waals surface area (Å²) in [4.78, 5) is 4.22. The Balaban J connectivity index is 1.88. The second-order valence-corrected chi connectivity index (χ2v) is 7.53. The first-order valence-electron chi connectivity index (χ1n) is 6.28. The molecule has 2 N–H and O–H groups in total. The Labute approximate surface area is 117 Å². The van der Waals surface area contributed by atoms with Crippen LogP contribution in [0.3, 0.4) is 0 Å². The van der Waals surface area contributed by atoms with Crippen LogP contribution in [0.25, 0.3) is 0 Å². The summed E-state index contributed by atoms with van der Waals surface area (Å²) in [5, 5.41) is 11.8. The summed E-state index contributed by atoms with van der Waals surface area (Å²) < 4.78 is 28.2. The quantitative estimate of drug-likeness (QED) is 0.829. The van der Waals surface area contributed by atoms with Gasteiger partial charge in [0.05, 0.1) is 17.2 Å². The molecule has 19 heavy (non-hydrogen) atoms. The van der Waals surface area contributed by atoms with E-state index in [-0.39, 0.29) is 19.1 Å². The molecule has 1 aromatic rings. The number of hydrogen-bond acceptors (Lipinski definition) is 5. The number of nitrogens with zero attached hydrogens (tertiary/aromatic N) is 2. The van der Waals surface area contributed by atoms with Crippen molar-refractivity contribution in [2.24, 2.45) is 5.92 Å².